The van der Waals surface area contributed by atoms with Gasteiger partial charge in [-0.2, -0.15) is 5.10 Å². The second-order valence-electron chi connectivity index (χ2n) is 5.64. The van der Waals surface area contributed by atoms with Crippen LogP contribution in [0, 0.1) is 0 Å². The van der Waals surface area contributed by atoms with Crippen molar-refractivity contribution < 1.29 is 9.59 Å². The SMILES string of the molecule is CCCC(=O)Nc1ccc(C(=O)NN=C(C)c2ccc(N)cc2)cc1. The van der Waals surface area contributed by atoms with Crippen LogP contribution in [0.4, 0.5) is 11.4 Å². The summed E-state index contributed by atoms with van der Waals surface area (Å²) in [5.41, 5.74) is 11.5. The van der Waals surface area contributed by atoms with Gasteiger partial charge in [-0.05, 0) is 55.3 Å². The minimum Gasteiger partial charge on any atom is -0.399 e. The molecule has 6 heteroatoms. The van der Waals surface area contributed by atoms with Crippen molar-refractivity contribution in [2.75, 3.05) is 11.1 Å². The Morgan fingerprint density at radius 1 is 1.00 bits per heavy atom. The van der Waals surface area contributed by atoms with Crippen LogP contribution in [-0.4, -0.2) is 17.5 Å². The highest BCUT2D eigenvalue weighted by atomic mass is 16.2. The van der Waals surface area contributed by atoms with Crippen molar-refractivity contribution in [3.05, 3.63) is 59.7 Å². The van der Waals surface area contributed by atoms with Crippen molar-refractivity contribution in [1.29, 1.82) is 0 Å². The Labute approximate surface area is 147 Å². The summed E-state index contributed by atoms with van der Waals surface area (Å²) in [6, 6.07) is 13.9. The number of nitrogens with zero attached hydrogens (tertiary/aromatic N) is 1. The molecule has 25 heavy (non-hydrogen) atoms. The van der Waals surface area contributed by atoms with E-state index in [0.29, 0.717) is 29.1 Å². The molecule has 2 rings (SSSR count). The largest absolute Gasteiger partial charge is 0.399 e. The molecule has 2 amide bonds. The summed E-state index contributed by atoms with van der Waals surface area (Å²) in [6.45, 7) is 3.75. The van der Waals surface area contributed by atoms with E-state index in [1.165, 1.54) is 0 Å². The van der Waals surface area contributed by atoms with E-state index in [4.69, 9.17) is 5.73 Å². The van der Waals surface area contributed by atoms with Crippen LogP contribution in [0.15, 0.2) is 53.6 Å². The van der Waals surface area contributed by atoms with Crippen LogP contribution in [0.2, 0.25) is 0 Å². The van der Waals surface area contributed by atoms with E-state index in [0.717, 1.165) is 12.0 Å². The summed E-state index contributed by atoms with van der Waals surface area (Å²) in [6.07, 6.45) is 1.26. The van der Waals surface area contributed by atoms with Gasteiger partial charge in [0.1, 0.15) is 0 Å². The standard InChI is InChI=1S/C19H22N4O2/c1-3-4-18(24)21-17-11-7-15(8-12-17)19(25)23-22-13(2)14-5-9-16(20)10-6-14/h5-12H,3-4,20H2,1-2H3,(H,21,24)(H,23,25). The van der Waals surface area contributed by atoms with Crippen molar-refractivity contribution in [3.8, 4) is 0 Å². The van der Waals surface area contributed by atoms with Crippen LogP contribution in [-0.2, 0) is 4.79 Å². The molecule has 0 aliphatic rings. The Morgan fingerprint density at radius 2 is 1.60 bits per heavy atom. The second-order valence-corrected chi connectivity index (χ2v) is 5.64. The minimum absolute atomic E-state index is 0.0385. The zero-order valence-corrected chi connectivity index (χ0v) is 14.4. The topological polar surface area (TPSA) is 96.6 Å². The molecule has 0 aromatic heterocycles. The van der Waals surface area contributed by atoms with Gasteiger partial charge in [-0.1, -0.05) is 19.1 Å². The van der Waals surface area contributed by atoms with Gasteiger partial charge in [0.25, 0.3) is 5.91 Å². The van der Waals surface area contributed by atoms with Gasteiger partial charge in [-0.15, -0.1) is 0 Å². The van der Waals surface area contributed by atoms with Crippen LogP contribution in [0.5, 0.6) is 0 Å². The number of rotatable bonds is 6. The van der Waals surface area contributed by atoms with Crippen molar-refractivity contribution >= 4 is 28.9 Å². The quantitative estimate of drug-likeness (QED) is 0.429. The highest BCUT2D eigenvalue weighted by molar-refractivity contribution is 6.01. The Balaban J connectivity index is 1.97. The van der Waals surface area contributed by atoms with Gasteiger partial charge >= 0.3 is 0 Å². The molecule has 0 saturated carbocycles. The van der Waals surface area contributed by atoms with Gasteiger partial charge < -0.3 is 11.1 Å². The molecule has 0 radical (unpaired) electrons. The first-order chi connectivity index (χ1) is 12.0. The fourth-order valence-corrected chi connectivity index (χ4v) is 2.14. The molecular formula is C19H22N4O2. The number of nitrogens with two attached hydrogens (primary N) is 1. The number of hydrazone groups is 1. The molecule has 0 atom stereocenters. The molecule has 0 heterocycles. The number of hydrogen-bond donors (Lipinski definition) is 3. The fraction of sp³-hybridized carbons (Fsp3) is 0.211. The molecule has 130 valence electrons. The molecule has 0 fully saturated rings. The first kappa shape index (κ1) is 18.2. The summed E-state index contributed by atoms with van der Waals surface area (Å²) in [5, 5.41) is 6.88. The lowest BCUT2D eigenvalue weighted by Gasteiger charge is -2.06. The maximum Gasteiger partial charge on any atom is 0.271 e. The average Bonchev–Trinajstić information content (AvgIpc) is 2.61. The van der Waals surface area contributed by atoms with Crippen molar-refractivity contribution in [2.24, 2.45) is 5.10 Å². The van der Waals surface area contributed by atoms with E-state index in [-0.39, 0.29) is 11.8 Å². The normalized spacial score (nSPS) is 11.0. The van der Waals surface area contributed by atoms with E-state index < -0.39 is 0 Å². The van der Waals surface area contributed by atoms with E-state index in [1.807, 2.05) is 19.1 Å². The molecule has 0 aliphatic carbocycles. The van der Waals surface area contributed by atoms with E-state index in [9.17, 15) is 9.59 Å². The van der Waals surface area contributed by atoms with Crippen LogP contribution in [0.3, 0.4) is 0 Å². The lowest BCUT2D eigenvalue weighted by molar-refractivity contribution is -0.116. The molecule has 6 nitrogen and oxygen atoms in total. The molecule has 0 aliphatic heterocycles. The number of carbonyl (C=O) groups excluding carboxylic acids is 2. The number of hydrogen-bond acceptors (Lipinski definition) is 4. The summed E-state index contributed by atoms with van der Waals surface area (Å²) in [5.74, 6) is -0.357. The van der Waals surface area contributed by atoms with Crippen LogP contribution in [0.25, 0.3) is 0 Å². The van der Waals surface area contributed by atoms with Gasteiger partial charge in [-0.3, -0.25) is 9.59 Å². The zero-order valence-electron chi connectivity index (χ0n) is 14.4. The van der Waals surface area contributed by atoms with Crippen molar-refractivity contribution in [2.45, 2.75) is 26.7 Å². The summed E-state index contributed by atoms with van der Waals surface area (Å²) in [7, 11) is 0. The molecule has 0 saturated heterocycles. The summed E-state index contributed by atoms with van der Waals surface area (Å²) >= 11 is 0. The molecule has 0 spiro atoms. The third kappa shape index (κ3) is 5.46. The maximum absolute atomic E-state index is 12.1. The van der Waals surface area contributed by atoms with Crippen molar-refractivity contribution in [1.82, 2.24) is 5.43 Å². The number of carbonyl (C=O) groups is 2. The maximum atomic E-state index is 12.1. The van der Waals surface area contributed by atoms with E-state index in [2.05, 4.69) is 15.8 Å². The minimum atomic E-state index is -0.318. The third-order valence-electron chi connectivity index (χ3n) is 3.56. The highest BCUT2D eigenvalue weighted by Crippen LogP contribution is 2.11. The summed E-state index contributed by atoms with van der Waals surface area (Å²) < 4.78 is 0. The van der Waals surface area contributed by atoms with E-state index >= 15 is 0 Å². The van der Waals surface area contributed by atoms with Crippen LogP contribution >= 0.6 is 0 Å². The Kier molecular flexibility index (Phi) is 6.28. The fourth-order valence-electron chi connectivity index (χ4n) is 2.14. The van der Waals surface area contributed by atoms with Gasteiger partial charge in [0.2, 0.25) is 5.91 Å². The first-order valence-corrected chi connectivity index (χ1v) is 8.10. The lowest BCUT2D eigenvalue weighted by atomic mass is 10.1. The molecule has 2 aromatic rings. The Bertz CT molecular complexity index is 765. The first-order valence-electron chi connectivity index (χ1n) is 8.10. The number of nitrogens with one attached hydrogen (secondary N) is 2. The number of amides is 2. The lowest BCUT2D eigenvalue weighted by Crippen LogP contribution is -2.19. The summed E-state index contributed by atoms with van der Waals surface area (Å²) in [4.78, 5) is 23.7. The number of benzene rings is 2. The van der Waals surface area contributed by atoms with Crippen LogP contribution < -0.4 is 16.5 Å². The van der Waals surface area contributed by atoms with Gasteiger partial charge in [0, 0.05) is 23.4 Å². The number of anilines is 2. The van der Waals surface area contributed by atoms with Gasteiger partial charge in [0.15, 0.2) is 0 Å². The smallest absolute Gasteiger partial charge is 0.271 e. The Hall–Kier alpha value is -3.15. The predicted octanol–water partition coefficient (Wildman–Crippen LogP) is 3.16. The molecule has 2 aromatic carbocycles. The van der Waals surface area contributed by atoms with Gasteiger partial charge in [0.05, 0.1) is 5.71 Å². The van der Waals surface area contributed by atoms with E-state index in [1.54, 1.807) is 43.3 Å². The zero-order chi connectivity index (χ0) is 18.2. The monoisotopic (exact) mass is 338 g/mol. The second kappa shape index (κ2) is 8.63. The average molecular weight is 338 g/mol. The predicted molar refractivity (Wildman–Crippen MR) is 101 cm³/mol. The molecule has 4 N–H and O–H groups in total. The molecular weight excluding hydrogens is 316 g/mol. The van der Waals surface area contributed by atoms with Crippen molar-refractivity contribution in [3.63, 3.8) is 0 Å². The third-order valence-corrected chi connectivity index (χ3v) is 3.56. The highest BCUT2D eigenvalue weighted by Gasteiger charge is 2.06. The Morgan fingerprint density at radius 3 is 2.20 bits per heavy atom. The molecule has 0 unspecified atom stereocenters. The van der Waals surface area contributed by atoms with Gasteiger partial charge in [-0.25, -0.2) is 5.43 Å². The molecule has 0 bridgehead atoms. The number of nitrogen functional groups attached to an aromatic ring is 1. The van der Waals surface area contributed by atoms with Crippen LogP contribution in [0.1, 0.15) is 42.6 Å².